The van der Waals surface area contributed by atoms with Crippen molar-refractivity contribution in [2.24, 2.45) is 0 Å². The minimum Gasteiger partial charge on any atom is -0.347 e. The Kier molecular flexibility index (Phi) is 4.84. The van der Waals surface area contributed by atoms with Crippen LogP contribution in [0.2, 0.25) is 0 Å². The van der Waals surface area contributed by atoms with Crippen LogP contribution in [0.25, 0.3) is 0 Å². The number of benzene rings is 2. The van der Waals surface area contributed by atoms with Crippen molar-refractivity contribution in [3.63, 3.8) is 0 Å². The van der Waals surface area contributed by atoms with Gasteiger partial charge in [0.05, 0.1) is 0 Å². The molecule has 120 valence electrons. The first-order valence-electron chi connectivity index (χ1n) is 7.55. The van der Waals surface area contributed by atoms with Gasteiger partial charge in [0.15, 0.2) is 0 Å². The van der Waals surface area contributed by atoms with Gasteiger partial charge in [-0.2, -0.15) is 0 Å². The summed E-state index contributed by atoms with van der Waals surface area (Å²) in [5, 5.41) is 5.72. The second-order valence-electron chi connectivity index (χ2n) is 6.60. The molecule has 0 aliphatic rings. The maximum absolute atomic E-state index is 12.2. The average Bonchev–Trinajstić information content (AvgIpc) is 2.48. The number of nitrogens with one attached hydrogen (secondary N) is 2. The Morgan fingerprint density at radius 2 is 1.26 bits per heavy atom. The third-order valence-electron chi connectivity index (χ3n) is 3.21. The molecule has 0 aromatic heterocycles. The lowest BCUT2D eigenvalue weighted by atomic mass is 10.1. The van der Waals surface area contributed by atoms with E-state index in [-0.39, 0.29) is 17.4 Å². The molecule has 0 aliphatic carbocycles. The van der Waals surface area contributed by atoms with E-state index >= 15 is 0 Å². The maximum atomic E-state index is 12.2. The zero-order valence-electron chi connectivity index (χ0n) is 13.9. The van der Waals surface area contributed by atoms with E-state index in [1.165, 1.54) is 0 Å². The van der Waals surface area contributed by atoms with Crippen molar-refractivity contribution in [1.29, 1.82) is 0 Å². The molecule has 0 heterocycles. The zero-order chi connectivity index (χ0) is 17.0. The van der Waals surface area contributed by atoms with Gasteiger partial charge in [0.1, 0.15) is 0 Å². The summed E-state index contributed by atoms with van der Waals surface area (Å²) in [4.78, 5) is 24.3. The molecule has 0 saturated carbocycles. The Bertz CT molecular complexity index is 696. The molecule has 4 heteroatoms. The number of carbonyl (C=O) groups is 2. The van der Waals surface area contributed by atoms with Crippen LogP contribution in [0.1, 0.15) is 47.1 Å². The summed E-state index contributed by atoms with van der Waals surface area (Å²) >= 11 is 0. The summed E-state index contributed by atoms with van der Waals surface area (Å²) in [5.41, 5.74) is 2.63. The molecule has 2 amide bonds. The average molecular weight is 310 g/mol. The zero-order valence-corrected chi connectivity index (χ0v) is 13.9. The fraction of sp³-hybridized carbons (Fsp3) is 0.263. The maximum Gasteiger partial charge on any atom is 0.255 e. The van der Waals surface area contributed by atoms with Gasteiger partial charge in [0.2, 0.25) is 0 Å². The van der Waals surface area contributed by atoms with E-state index in [1.54, 1.807) is 24.3 Å². The van der Waals surface area contributed by atoms with Crippen molar-refractivity contribution < 1.29 is 9.59 Å². The van der Waals surface area contributed by atoms with Crippen LogP contribution in [0, 0.1) is 6.92 Å². The molecule has 4 nitrogen and oxygen atoms in total. The number of amides is 2. The van der Waals surface area contributed by atoms with Crippen LogP contribution >= 0.6 is 0 Å². The Labute approximate surface area is 136 Å². The van der Waals surface area contributed by atoms with Crippen LogP contribution in [-0.2, 0) is 0 Å². The molecule has 0 unspecified atom stereocenters. The molecular formula is C19H22N2O2. The first-order chi connectivity index (χ1) is 10.7. The minimum atomic E-state index is -0.293. The summed E-state index contributed by atoms with van der Waals surface area (Å²) in [6.07, 6.45) is 0. The molecule has 2 aromatic rings. The number of hydrogen-bond acceptors (Lipinski definition) is 2. The number of rotatable bonds is 3. The summed E-state index contributed by atoms with van der Waals surface area (Å²) < 4.78 is 0. The quantitative estimate of drug-likeness (QED) is 0.906. The third-order valence-corrected chi connectivity index (χ3v) is 3.21. The van der Waals surface area contributed by atoms with Gasteiger partial charge in [-0.1, -0.05) is 17.7 Å². The third kappa shape index (κ3) is 4.95. The van der Waals surface area contributed by atoms with Crippen molar-refractivity contribution in [1.82, 2.24) is 5.32 Å². The standard InChI is InChI=1S/C19H22N2O2/c1-13-5-11-16(12-6-13)20-17(22)14-7-9-15(10-8-14)18(23)21-19(2,3)4/h5-12H,1-4H3,(H,20,22)(H,21,23). The van der Waals surface area contributed by atoms with Gasteiger partial charge in [-0.15, -0.1) is 0 Å². The Balaban J connectivity index is 2.05. The summed E-state index contributed by atoms with van der Waals surface area (Å²) in [6.45, 7) is 7.77. The van der Waals surface area contributed by atoms with E-state index in [2.05, 4.69) is 10.6 Å². The largest absolute Gasteiger partial charge is 0.347 e. The van der Waals surface area contributed by atoms with E-state index in [1.807, 2.05) is 52.0 Å². The van der Waals surface area contributed by atoms with Crippen LogP contribution in [-0.4, -0.2) is 17.4 Å². The number of anilines is 1. The molecular weight excluding hydrogens is 288 g/mol. The van der Waals surface area contributed by atoms with Gasteiger partial charge < -0.3 is 10.6 Å². The highest BCUT2D eigenvalue weighted by Gasteiger charge is 2.15. The molecule has 0 fully saturated rings. The van der Waals surface area contributed by atoms with Crippen LogP contribution in [0.4, 0.5) is 5.69 Å². The van der Waals surface area contributed by atoms with Crippen molar-refractivity contribution >= 4 is 17.5 Å². The fourth-order valence-electron chi connectivity index (χ4n) is 2.03. The molecule has 0 saturated heterocycles. The second-order valence-corrected chi connectivity index (χ2v) is 6.60. The van der Waals surface area contributed by atoms with Gasteiger partial charge in [-0.05, 0) is 64.1 Å². The van der Waals surface area contributed by atoms with Gasteiger partial charge in [0, 0.05) is 22.4 Å². The van der Waals surface area contributed by atoms with E-state index in [4.69, 9.17) is 0 Å². The molecule has 0 bridgehead atoms. The molecule has 0 spiro atoms. The lowest BCUT2D eigenvalue weighted by molar-refractivity contribution is 0.0918. The van der Waals surface area contributed by atoms with Crippen LogP contribution in [0.3, 0.4) is 0 Å². The molecule has 23 heavy (non-hydrogen) atoms. The lowest BCUT2D eigenvalue weighted by Crippen LogP contribution is -2.40. The topological polar surface area (TPSA) is 58.2 Å². The summed E-state index contributed by atoms with van der Waals surface area (Å²) in [5.74, 6) is -0.348. The van der Waals surface area contributed by atoms with Gasteiger partial charge in [-0.25, -0.2) is 0 Å². The molecule has 0 radical (unpaired) electrons. The summed E-state index contributed by atoms with van der Waals surface area (Å²) in [7, 11) is 0. The SMILES string of the molecule is Cc1ccc(NC(=O)c2ccc(C(=O)NC(C)(C)C)cc2)cc1. The van der Waals surface area contributed by atoms with Crippen LogP contribution < -0.4 is 10.6 Å². The second kappa shape index (κ2) is 6.65. The predicted molar refractivity (Wildman–Crippen MR) is 92.8 cm³/mol. The fourth-order valence-corrected chi connectivity index (χ4v) is 2.03. The van der Waals surface area contributed by atoms with Crippen molar-refractivity contribution in [3.05, 3.63) is 65.2 Å². The lowest BCUT2D eigenvalue weighted by Gasteiger charge is -2.20. The normalized spacial score (nSPS) is 11.0. The number of aryl methyl sites for hydroxylation is 1. The van der Waals surface area contributed by atoms with E-state index < -0.39 is 0 Å². The summed E-state index contributed by atoms with van der Waals surface area (Å²) in [6, 6.07) is 14.2. The predicted octanol–water partition coefficient (Wildman–Crippen LogP) is 3.78. The Morgan fingerprint density at radius 1 is 0.783 bits per heavy atom. The van der Waals surface area contributed by atoms with Gasteiger partial charge in [0.25, 0.3) is 11.8 Å². The van der Waals surface area contributed by atoms with E-state index in [9.17, 15) is 9.59 Å². The highest BCUT2D eigenvalue weighted by molar-refractivity contribution is 6.05. The Morgan fingerprint density at radius 3 is 1.74 bits per heavy atom. The minimum absolute atomic E-state index is 0.150. The van der Waals surface area contributed by atoms with Crippen LogP contribution in [0.15, 0.2) is 48.5 Å². The Hall–Kier alpha value is -2.62. The monoisotopic (exact) mass is 310 g/mol. The van der Waals surface area contributed by atoms with Gasteiger partial charge >= 0.3 is 0 Å². The van der Waals surface area contributed by atoms with Crippen molar-refractivity contribution in [2.75, 3.05) is 5.32 Å². The molecule has 2 N–H and O–H groups in total. The highest BCUT2D eigenvalue weighted by Crippen LogP contribution is 2.12. The van der Waals surface area contributed by atoms with Crippen molar-refractivity contribution in [2.45, 2.75) is 33.2 Å². The van der Waals surface area contributed by atoms with Crippen molar-refractivity contribution in [3.8, 4) is 0 Å². The molecule has 2 rings (SSSR count). The smallest absolute Gasteiger partial charge is 0.255 e. The highest BCUT2D eigenvalue weighted by atomic mass is 16.2. The molecule has 0 atom stereocenters. The first kappa shape index (κ1) is 16.7. The first-order valence-corrected chi connectivity index (χ1v) is 7.55. The number of carbonyl (C=O) groups excluding carboxylic acids is 2. The van der Waals surface area contributed by atoms with E-state index in [0.29, 0.717) is 11.1 Å². The molecule has 2 aromatic carbocycles. The van der Waals surface area contributed by atoms with Gasteiger partial charge in [-0.3, -0.25) is 9.59 Å². The number of hydrogen-bond donors (Lipinski definition) is 2. The van der Waals surface area contributed by atoms with E-state index in [0.717, 1.165) is 11.3 Å². The molecule has 0 aliphatic heterocycles. The van der Waals surface area contributed by atoms with Crippen LogP contribution in [0.5, 0.6) is 0 Å².